The van der Waals surface area contributed by atoms with Crippen LogP contribution in [0.15, 0.2) is 18.2 Å². The van der Waals surface area contributed by atoms with Crippen molar-refractivity contribution < 1.29 is 14.3 Å². The van der Waals surface area contributed by atoms with E-state index in [4.69, 9.17) is 15.2 Å². The molecule has 3 unspecified atom stereocenters. The molecule has 0 spiro atoms. The molecule has 3 atom stereocenters. The third-order valence-electron chi connectivity index (χ3n) is 4.75. The fraction of sp³-hybridized carbons (Fsp3) is 0.562. The van der Waals surface area contributed by atoms with E-state index in [1.807, 2.05) is 0 Å². The molecule has 2 N–H and O–H groups in total. The van der Waals surface area contributed by atoms with Crippen molar-refractivity contribution in [3.8, 4) is 5.75 Å². The number of ether oxygens (including phenoxy) is 2. The molecule has 0 aliphatic heterocycles. The number of carbonyl (C=O) groups is 1. The molecule has 0 amide bonds. The number of methoxy groups -OCH3 is 1. The smallest absolute Gasteiger partial charge is 0.341 e. The quantitative estimate of drug-likeness (QED) is 0.678. The zero-order chi connectivity index (χ0) is 14.1. The maximum atomic E-state index is 11.8. The maximum Gasteiger partial charge on any atom is 0.341 e. The average molecular weight is 275 g/mol. The number of anilines is 1. The first-order chi connectivity index (χ1) is 9.67. The van der Waals surface area contributed by atoms with Crippen molar-refractivity contribution in [3.63, 3.8) is 0 Å². The number of hydrogen-bond acceptors (Lipinski definition) is 4. The second kappa shape index (κ2) is 5.35. The molecule has 0 radical (unpaired) electrons. The Kier molecular flexibility index (Phi) is 3.55. The first kappa shape index (κ1) is 13.3. The minimum atomic E-state index is -0.403. The highest BCUT2D eigenvalue weighted by atomic mass is 16.5. The van der Waals surface area contributed by atoms with Gasteiger partial charge < -0.3 is 15.2 Å². The van der Waals surface area contributed by atoms with Crippen LogP contribution in [0, 0.1) is 17.8 Å². The van der Waals surface area contributed by atoms with Crippen LogP contribution in [0.25, 0.3) is 0 Å². The number of nitrogens with two attached hydrogens (primary N) is 1. The van der Waals surface area contributed by atoms with Gasteiger partial charge in [-0.3, -0.25) is 0 Å². The minimum absolute atomic E-state index is 0.403. The van der Waals surface area contributed by atoms with Gasteiger partial charge in [0, 0.05) is 5.69 Å². The van der Waals surface area contributed by atoms with Crippen LogP contribution < -0.4 is 10.5 Å². The van der Waals surface area contributed by atoms with E-state index in [0.717, 1.165) is 11.8 Å². The summed E-state index contributed by atoms with van der Waals surface area (Å²) in [6.45, 7) is 0.690. The van der Waals surface area contributed by atoms with Gasteiger partial charge in [-0.2, -0.15) is 0 Å². The molecule has 2 aliphatic carbocycles. The Bertz CT molecular complexity index is 514. The molecule has 2 saturated carbocycles. The van der Waals surface area contributed by atoms with E-state index in [1.165, 1.54) is 32.8 Å². The van der Waals surface area contributed by atoms with Crippen LogP contribution >= 0.6 is 0 Å². The Balaban J connectivity index is 1.69. The molecule has 108 valence electrons. The van der Waals surface area contributed by atoms with Gasteiger partial charge in [0.15, 0.2) is 0 Å². The second-order valence-corrected chi connectivity index (χ2v) is 5.99. The van der Waals surface area contributed by atoms with Crippen molar-refractivity contribution in [2.24, 2.45) is 17.8 Å². The number of benzene rings is 1. The van der Waals surface area contributed by atoms with Crippen LogP contribution in [0.4, 0.5) is 5.69 Å². The molecule has 2 bridgehead atoms. The van der Waals surface area contributed by atoms with E-state index in [1.54, 1.807) is 18.2 Å². The van der Waals surface area contributed by atoms with Gasteiger partial charge in [-0.05, 0) is 55.2 Å². The van der Waals surface area contributed by atoms with Gasteiger partial charge in [0.25, 0.3) is 0 Å². The van der Waals surface area contributed by atoms with Gasteiger partial charge in [0.05, 0.1) is 13.7 Å². The zero-order valence-corrected chi connectivity index (χ0v) is 11.8. The minimum Gasteiger partial charge on any atom is -0.492 e. The van der Waals surface area contributed by atoms with Crippen LogP contribution in [0.2, 0.25) is 0 Å². The summed E-state index contributed by atoms with van der Waals surface area (Å²) in [6, 6.07) is 5.12. The zero-order valence-electron chi connectivity index (χ0n) is 11.8. The van der Waals surface area contributed by atoms with Gasteiger partial charge in [0.2, 0.25) is 0 Å². The molecule has 3 rings (SSSR count). The molecule has 1 aromatic carbocycles. The summed E-state index contributed by atoms with van der Waals surface area (Å²) < 4.78 is 10.7. The third-order valence-corrected chi connectivity index (χ3v) is 4.75. The van der Waals surface area contributed by atoms with E-state index in [-0.39, 0.29) is 0 Å². The van der Waals surface area contributed by atoms with Crippen molar-refractivity contribution >= 4 is 11.7 Å². The van der Waals surface area contributed by atoms with Crippen LogP contribution in [0.5, 0.6) is 5.75 Å². The van der Waals surface area contributed by atoms with Crippen LogP contribution in [0.1, 0.15) is 36.0 Å². The lowest BCUT2D eigenvalue weighted by atomic mass is 9.89. The lowest BCUT2D eigenvalue weighted by molar-refractivity contribution is 0.0594. The molecular weight excluding hydrogens is 254 g/mol. The first-order valence-corrected chi connectivity index (χ1v) is 7.28. The number of hydrogen-bond donors (Lipinski definition) is 1. The van der Waals surface area contributed by atoms with E-state index in [0.29, 0.717) is 29.5 Å². The van der Waals surface area contributed by atoms with Gasteiger partial charge in [-0.25, -0.2) is 4.79 Å². The highest BCUT2D eigenvalue weighted by Crippen LogP contribution is 2.48. The summed E-state index contributed by atoms with van der Waals surface area (Å²) >= 11 is 0. The van der Waals surface area contributed by atoms with E-state index in [2.05, 4.69) is 0 Å². The summed E-state index contributed by atoms with van der Waals surface area (Å²) in [4.78, 5) is 11.8. The van der Waals surface area contributed by atoms with Gasteiger partial charge in [-0.15, -0.1) is 0 Å². The van der Waals surface area contributed by atoms with Gasteiger partial charge in [0.1, 0.15) is 11.3 Å². The van der Waals surface area contributed by atoms with Gasteiger partial charge >= 0.3 is 5.97 Å². The first-order valence-electron chi connectivity index (χ1n) is 7.28. The molecule has 0 aromatic heterocycles. The number of rotatable bonds is 4. The van der Waals surface area contributed by atoms with E-state index >= 15 is 0 Å². The Hall–Kier alpha value is -1.71. The maximum absolute atomic E-state index is 11.8. The second-order valence-electron chi connectivity index (χ2n) is 5.99. The predicted molar refractivity (Wildman–Crippen MR) is 76.6 cm³/mol. The van der Waals surface area contributed by atoms with Crippen molar-refractivity contribution in [2.75, 3.05) is 19.5 Å². The summed E-state index contributed by atoms with van der Waals surface area (Å²) in [6.07, 6.45) is 5.35. The summed E-state index contributed by atoms with van der Waals surface area (Å²) in [5.41, 5.74) is 6.68. The number of nitrogen functional groups attached to an aromatic ring is 1. The van der Waals surface area contributed by atoms with E-state index < -0.39 is 5.97 Å². The number of esters is 1. The van der Waals surface area contributed by atoms with E-state index in [9.17, 15) is 4.79 Å². The number of fused-ring (bicyclic) bond motifs is 2. The molecule has 2 fully saturated rings. The van der Waals surface area contributed by atoms with Crippen LogP contribution in [-0.4, -0.2) is 19.7 Å². The predicted octanol–water partition coefficient (Wildman–Crippen LogP) is 2.87. The molecular formula is C16H21NO3. The Morgan fingerprint density at radius 3 is 2.85 bits per heavy atom. The summed E-state index contributed by atoms with van der Waals surface area (Å²) in [5.74, 6) is 2.53. The molecule has 0 heterocycles. The highest BCUT2D eigenvalue weighted by molar-refractivity contribution is 5.93. The normalized spacial score (nSPS) is 27.6. The molecule has 0 saturated heterocycles. The van der Waals surface area contributed by atoms with Gasteiger partial charge in [-0.1, -0.05) is 6.42 Å². The Morgan fingerprint density at radius 1 is 1.35 bits per heavy atom. The standard InChI is InChI=1S/C16H21NO3/c1-19-16(18)14-8-13(17)4-5-15(14)20-9-12-7-10-2-3-11(12)6-10/h4-5,8,10-12H,2-3,6-7,9,17H2,1H3. The fourth-order valence-electron chi connectivity index (χ4n) is 3.72. The van der Waals surface area contributed by atoms with Crippen molar-refractivity contribution in [1.82, 2.24) is 0 Å². The highest BCUT2D eigenvalue weighted by Gasteiger charge is 2.39. The number of carbonyl (C=O) groups excluding carboxylic acids is 1. The van der Waals surface area contributed by atoms with Crippen molar-refractivity contribution in [1.29, 1.82) is 0 Å². The van der Waals surface area contributed by atoms with Crippen LogP contribution in [0.3, 0.4) is 0 Å². The van der Waals surface area contributed by atoms with Crippen molar-refractivity contribution in [2.45, 2.75) is 25.7 Å². The van der Waals surface area contributed by atoms with Crippen molar-refractivity contribution in [3.05, 3.63) is 23.8 Å². The van der Waals surface area contributed by atoms with Crippen LogP contribution in [-0.2, 0) is 4.74 Å². The lowest BCUT2D eigenvalue weighted by Gasteiger charge is -2.22. The molecule has 20 heavy (non-hydrogen) atoms. The topological polar surface area (TPSA) is 61.5 Å². The SMILES string of the molecule is COC(=O)c1cc(N)ccc1OCC1CC2CCC1C2. The average Bonchev–Trinajstić information content (AvgIpc) is 3.07. The molecule has 1 aromatic rings. The Morgan fingerprint density at radius 2 is 2.20 bits per heavy atom. The Labute approximate surface area is 119 Å². The fourth-order valence-corrected chi connectivity index (χ4v) is 3.72. The third kappa shape index (κ3) is 2.47. The lowest BCUT2D eigenvalue weighted by Crippen LogP contribution is -2.19. The molecule has 4 nitrogen and oxygen atoms in total. The largest absolute Gasteiger partial charge is 0.492 e. The summed E-state index contributed by atoms with van der Waals surface area (Å²) in [5, 5.41) is 0. The molecule has 4 heteroatoms. The molecule has 2 aliphatic rings. The summed E-state index contributed by atoms with van der Waals surface area (Å²) in [7, 11) is 1.37. The monoisotopic (exact) mass is 275 g/mol.